The summed E-state index contributed by atoms with van der Waals surface area (Å²) < 4.78 is 22.8. The highest BCUT2D eigenvalue weighted by Crippen LogP contribution is 2.12. The van der Waals surface area contributed by atoms with E-state index >= 15 is 0 Å². The van der Waals surface area contributed by atoms with Crippen LogP contribution in [0, 0.1) is 12.3 Å². The first-order valence-electron chi connectivity index (χ1n) is 1.99. The quantitative estimate of drug-likeness (QED) is 0.503. The maximum absolute atomic E-state index is 11.4. The van der Waals surface area contributed by atoms with E-state index in [2.05, 4.69) is 6.42 Å². The normalized spacial score (nSPS) is 17.5. The molecule has 3 heteroatoms. The third kappa shape index (κ3) is 1.47. The van der Waals surface area contributed by atoms with Crippen molar-refractivity contribution in [2.75, 3.05) is 0 Å². The molecule has 0 aliphatic carbocycles. The number of hydrogen-bond acceptors (Lipinski definition) is 1. The molecule has 1 atom stereocenters. The largest absolute Gasteiger partial charge is 0.372 e. The first-order chi connectivity index (χ1) is 3.50. The highest BCUT2D eigenvalue weighted by molar-refractivity contribution is 5.05. The number of halogens is 2. The summed E-state index contributed by atoms with van der Waals surface area (Å²) in [5, 5.41) is 8.41. The van der Waals surface area contributed by atoms with Gasteiger partial charge in [0.2, 0.25) is 0 Å². The van der Waals surface area contributed by atoms with Crippen molar-refractivity contribution in [1.29, 1.82) is 0 Å². The Labute approximate surface area is 46.3 Å². The van der Waals surface area contributed by atoms with E-state index in [0.29, 0.717) is 0 Å². The average Bonchev–Trinajstić information content (AvgIpc) is 1.67. The third-order valence-electron chi connectivity index (χ3n) is 0.717. The Morgan fingerprint density at radius 2 is 2.12 bits per heavy atom. The minimum absolute atomic E-state index is 0.887. The summed E-state index contributed by atoms with van der Waals surface area (Å²) in [6.07, 6.45) is 1.66. The first-order valence-corrected chi connectivity index (χ1v) is 1.99. The smallest absolute Gasteiger partial charge is 0.277 e. The predicted octanol–water partition coefficient (Wildman–Crippen LogP) is 0.636. The Bertz CT molecular complexity index is 112. The fraction of sp³-hybridized carbons (Fsp3) is 0.600. The van der Waals surface area contributed by atoms with E-state index in [1.54, 1.807) is 5.92 Å². The molecule has 1 nitrogen and oxygen atoms in total. The summed E-state index contributed by atoms with van der Waals surface area (Å²) in [7, 11) is 0. The standard InChI is InChI=1S/C5H6F2O/c1-3-5(2,8)4(6)7/h1,4,8H,2H3. The molecule has 0 rings (SSSR count). The number of terminal acetylenes is 1. The summed E-state index contributed by atoms with van der Waals surface area (Å²) in [5.41, 5.74) is -2.26. The van der Waals surface area contributed by atoms with Crippen LogP contribution in [0.5, 0.6) is 0 Å². The summed E-state index contributed by atoms with van der Waals surface area (Å²) in [4.78, 5) is 0. The molecule has 0 aliphatic heterocycles. The average molecular weight is 120 g/mol. The van der Waals surface area contributed by atoms with Gasteiger partial charge < -0.3 is 5.11 Å². The number of aliphatic hydroxyl groups is 1. The van der Waals surface area contributed by atoms with Gasteiger partial charge in [-0.05, 0) is 6.92 Å². The molecular weight excluding hydrogens is 114 g/mol. The summed E-state index contributed by atoms with van der Waals surface area (Å²) in [5.74, 6) is 1.55. The zero-order chi connectivity index (χ0) is 6.78. The molecule has 0 aromatic rings. The zero-order valence-corrected chi connectivity index (χ0v) is 4.36. The second-order valence-corrected chi connectivity index (χ2v) is 1.59. The van der Waals surface area contributed by atoms with Gasteiger partial charge in [-0.15, -0.1) is 6.42 Å². The molecule has 1 N–H and O–H groups in total. The van der Waals surface area contributed by atoms with Crippen molar-refractivity contribution < 1.29 is 13.9 Å². The molecular formula is C5H6F2O. The van der Waals surface area contributed by atoms with Crippen molar-refractivity contribution in [2.24, 2.45) is 0 Å². The van der Waals surface area contributed by atoms with Gasteiger partial charge in [0.05, 0.1) is 0 Å². The number of hydrogen-bond donors (Lipinski definition) is 1. The topological polar surface area (TPSA) is 20.2 Å². The van der Waals surface area contributed by atoms with Crippen LogP contribution in [0.15, 0.2) is 0 Å². The van der Waals surface area contributed by atoms with E-state index < -0.39 is 12.0 Å². The van der Waals surface area contributed by atoms with Crippen LogP contribution in [-0.4, -0.2) is 17.1 Å². The van der Waals surface area contributed by atoms with Crippen LogP contribution >= 0.6 is 0 Å². The Morgan fingerprint density at radius 1 is 1.75 bits per heavy atom. The van der Waals surface area contributed by atoms with E-state index in [9.17, 15) is 8.78 Å². The number of alkyl halides is 2. The Morgan fingerprint density at radius 3 is 2.12 bits per heavy atom. The Hall–Kier alpha value is -0.620. The maximum atomic E-state index is 11.4. The lowest BCUT2D eigenvalue weighted by Crippen LogP contribution is -2.30. The molecule has 46 valence electrons. The SMILES string of the molecule is C#CC(C)(O)C(F)F. The fourth-order valence-electron chi connectivity index (χ4n) is 0.0630. The van der Waals surface area contributed by atoms with Crippen LogP contribution in [0.3, 0.4) is 0 Å². The van der Waals surface area contributed by atoms with Crippen molar-refractivity contribution in [3.63, 3.8) is 0 Å². The lowest BCUT2D eigenvalue weighted by molar-refractivity contribution is -0.0417. The van der Waals surface area contributed by atoms with Gasteiger partial charge in [0.25, 0.3) is 6.43 Å². The molecule has 0 saturated heterocycles. The maximum Gasteiger partial charge on any atom is 0.277 e. The van der Waals surface area contributed by atoms with Gasteiger partial charge in [-0.1, -0.05) is 5.92 Å². The molecule has 1 unspecified atom stereocenters. The molecule has 0 aromatic carbocycles. The van der Waals surface area contributed by atoms with E-state index in [0.717, 1.165) is 6.92 Å². The van der Waals surface area contributed by atoms with Crippen LogP contribution in [0.4, 0.5) is 8.78 Å². The van der Waals surface area contributed by atoms with Gasteiger partial charge in [-0.25, -0.2) is 8.78 Å². The predicted molar refractivity (Wildman–Crippen MR) is 25.5 cm³/mol. The Kier molecular flexibility index (Phi) is 1.94. The molecule has 0 aromatic heterocycles. The molecule has 0 radical (unpaired) electrons. The Balaban J connectivity index is 3.97. The van der Waals surface area contributed by atoms with Gasteiger partial charge in [-0.2, -0.15) is 0 Å². The van der Waals surface area contributed by atoms with Crippen molar-refractivity contribution >= 4 is 0 Å². The van der Waals surface area contributed by atoms with E-state index in [1.807, 2.05) is 0 Å². The minimum atomic E-state index is -2.87. The van der Waals surface area contributed by atoms with Crippen molar-refractivity contribution in [2.45, 2.75) is 19.0 Å². The summed E-state index contributed by atoms with van der Waals surface area (Å²) in [6.45, 7) is 0.887. The molecule has 0 aliphatic rings. The first kappa shape index (κ1) is 7.38. The summed E-state index contributed by atoms with van der Waals surface area (Å²) in [6, 6.07) is 0. The van der Waals surface area contributed by atoms with Crippen molar-refractivity contribution in [1.82, 2.24) is 0 Å². The lowest BCUT2D eigenvalue weighted by Gasteiger charge is -2.12. The molecule has 0 heterocycles. The van der Waals surface area contributed by atoms with Crippen molar-refractivity contribution in [3.8, 4) is 12.3 Å². The van der Waals surface area contributed by atoms with E-state index in [-0.39, 0.29) is 0 Å². The molecule has 0 bridgehead atoms. The highest BCUT2D eigenvalue weighted by Gasteiger charge is 2.28. The van der Waals surface area contributed by atoms with Crippen LogP contribution in [0.25, 0.3) is 0 Å². The van der Waals surface area contributed by atoms with E-state index in [1.165, 1.54) is 0 Å². The molecule has 0 saturated carbocycles. The van der Waals surface area contributed by atoms with E-state index in [4.69, 9.17) is 5.11 Å². The second-order valence-electron chi connectivity index (χ2n) is 1.59. The zero-order valence-electron chi connectivity index (χ0n) is 4.36. The van der Waals surface area contributed by atoms with Crippen LogP contribution in [0.2, 0.25) is 0 Å². The van der Waals surface area contributed by atoms with Gasteiger partial charge in [0.1, 0.15) is 0 Å². The highest BCUT2D eigenvalue weighted by atomic mass is 19.3. The van der Waals surface area contributed by atoms with Gasteiger partial charge in [-0.3, -0.25) is 0 Å². The molecule has 0 spiro atoms. The third-order valence-corrected chi connectivity index (χ3v) is 0.717. The fourth-order valence-corrected chi connectivity index (χ4v) is 0.0630. The van der Waals surface area contributed by atoms with Gasteiger partial charge >= 0.3 is 0 Å². The molecule has 0 fully saturated rings. The van der Waals surface area contributed by atoms with Crippen LogP contribution in [0.1, 0.15) is 6.92 Å². The van der Waals surface area contributed by atoms with Gasteiger partial charge in [0, 0.05) is 0 Å². The monoisotopic (exact) mass is 120 g/mol. The van der Waals surface area contributed by atoms with Crippen LogP contribution < -0.4 is 0 Å². The number of rotatable bonds is 1. The summed E-state index contributed by atoms with van der Waals surface area (Å²) >= 11 is 0. The second kappa shape index (κ2) is 2.10. The van der Waals surface area contributed by atoms with Gasteiger partial charge in [0.15, 0.2) is 5.60 Å². The molecule has 8 heavy (non-hydrogen) atoms. The van der Waals surface area contributed by atoms with Crippen molar-refractivity contribution in [3.05, 3.63) is 0 Å². The minimum Gasteiger partial charge on any atom is -0.372 e. The van der Waals surface area contributed by atoms with Crippen LogP contribution in [-0.2, 0) is 0 Å². The lowest BCUT2D eigenvalue weighted by atomic mass is 10.1. The molecule has 0 amide bonds.